The van der Waals surface area contributed by atoms with Crippen LogP contribution in [0.15, 0.2) is 48.5 Å². The van der Waals surface area contributed by atoms with Crippen molar-refractivity contribution in [1.82, 2.24) is 0 Å². The average molecular weight is 361 g/mol. The summed E-state index contributed by atoms with van der Waals surface area (Å²) in [6, 6.07) is 13.2. The van der Waals surface area contributed by atoms with Gasteiger partial charge in [0.15, 0.2) is 6.54 Å². The van der Waals surface area contributed by atoms with E-state index in [1.165, 1.54) is 17.0 Å². The van der Waals surface area contributed by atoms with E-state index < -0.39 is 0 Å². The SMILES string of the molecule is CC[NH+](CCCOc1ccc(F)cc1)CC(=O)Nc1ccc(OC)cc1. The van der Waals surface area contributed by atoms with Crippen LogP contribution in [0.5, 0.6) is 11.5 Å². The molecule has 2 N–H and O–H groups in total. The first-order valence-electron chi connectivity index (χ1n) is 8.76. The van der Waals surface area contributed by atoms with Gasteiger partial charge in [0, 0.05) is 12.1 Å². The van der Waals surface area contributed by atoms with Crippen LogP contribution >= 0.6 is 0 Å². The van der Waals surface area contributed by atoms with E-state index in [-0.39, 0.29) is 11.7 Å². The Balaban J connectivity index is 1.70. The highest BCUT2D eigenvalue weighted by Crippen LogP contribution is 2.14. The molecule has 0 aliphatic heterocycles. The van der Waals surface area contributed by atoms with E-state index in [1.54, 1.807) is 19.2 Å². The third kappa shape index (κ3) is 6.72. The van der Waals surface area contributed by atoms with Crippen LogP contribution in [0, 0.1) is 5.82 Å². The number of hydrogen-bond acceptors (Lipinski definition) is 3. The van der Waals surface area contributed by atoms with E-state index in [0.717, 1.165) is 30.9 Å². The van der Waals surface area contributed by atoms with Crippen LogP contribution in [0.3, 0.4) is 0 Å². The average Bonchev–Trinajstić information content (AvgIpc) is 2.66. The summed E-state index contributed by atoms with van der Waals surface area (Å²) < 4.78 is 23.5. The summed E-state index contributed by atoms with van der Waals surface area (Å²) in [4.78, 5) is 13.4. The van der Waals surface area contributed by atoms with Gasteiger partial charge >= 0.3 is 0 Å². The van der Waals surface area contributed by atoms with E-state index >= 15 is 0 Å². The summed E-state index contributed by atoms with van der Waals surface area (Å²) in [6.45, 7) is 4.67. The fraction of sp³-hybridized carbons (Fsp3) is 0.350. The Hall–Kier alpha value is -2.60. The van der Waals surface area contributed by atoms with Gasteiger partial charge < -0.3 is 19.7 Å². The van der Waals surface area contributed by atoms with Crippen LogP contribution in [-0.4, -0.2) is 39.3 Å². The van der Waals surface area contributed by atoms with Crippen LogP contribution in [0.4, 0.5) is 10.1 Å². The Morgan fingerprint density at radius 1 is 1.08 bits per heavy atom. The molecule has 2 aromatic carbocycles. The van der Waals surface area contributed by atoms with Gasteiger partial charge in [0.05, 0.1) is 26.8 Å². The number of benzene rings is 2. The number of methoxy groups -OCH3 is 1. The third-order valence-corrected chi connectivity index (χ3v) is 4.04. The topological polar surface area (TPSA) is 52.0 Å². The quantitative estimate of drug-likeness (QED) is 0.638. The molecule has 140 valence electrons. The van der Waals surface area contributed by atoms with Crippen molar-refractivity contribution >= 4 is 11.6 Å². The van der Waals surface area contributed by atoms with Gasteiger partial charge in [0.25, 0.3) is 5.91 Å². The minimum absolute atomic E-state index is 0.0218. The molecule has 2 rings (SSSR count). The van der Waals surface area contributed by atoms with Gasteiger partial charge in [0.1, 0.15) is 17.3 Å². The summed E-state index contributed by atoms with van der Waals surface area (Å²) in [5.41, 5.74) is 0.755. The predicted molar refractivity (Wildman–Crippen MR) is 99.4 cm³/mol. The molecule has 26 heavy (non-hydrogen) atoms. The van der Waals surface area contributed by atoms with Crippen molar-refractivity contribution in [3.05, 3.63) is 54.3 Å². The van der Waals surface area contributed by atoms with Crippen molar-refractivity contribution in [2.75, 3.05) is 38.7 Å². The van der Waals surface area contributed by atoms with E-state index in [2.05, 4.69) is 12.2 Å². The van der Waals surface area contributed by atoms with Gasteiger partial charge in [-0.1, -0.05) is 0 Å². The van der Waals surface area contributed by atoms with Crippen molar-refractivity contribution in [2.24, 2.45) is 0 Å². The van der Waals surface area contributed by atoms with Gasteiger partial charge in [-0.15, -0.1) is 0 Å². The minimum atomic E-state index is -0.276. The summed E-state index contributed by atoms with van der Waals surface area (Å²) in [5.74, 6) is 1.11. The number of carbonyl (C=O) groups is 1. The van der Waals surface area contributed by atoms with Crippen molar-refractivity contribution < 1.29 is 23.6 Å². The lowest BCUT2D eigenvalue weighted by Crippen LogP contribution is -3.12. The lowest BCUT2D eigenvalue weighted by atomic mass is 10.3. The standard InChI is InChI=1S/C20H25FN2O3/c1-3-23(13-4-14-26-19-9-5-16(21)6-10-19)15-20(24)22-17-7-11-18(25-2)12-8-17/h5-12H,3-4,13-15H2,1-2H3,(H,22,24)/p+1. The van der Waals surface area contributed by atoms with Gasteiger partial charge in [-0.3, -0.25) is 4.79 Å². The first kappa shape index (κ1) is 19.7. The molecule has 0 fully saturated rings. The maximum atomic E-state index is 12.8. The molecule has 1 amide bonds. The zero-order valence-electron chi connectivity index (χ0n) is 15.3. The lowest BCUT2D eigenvalue weighted by Gasteiger charge is -2.17. The summed E-state index contributed by atoms with van der Waals surface area (Å²) in [7, 11) is 1.61. The molecule has 1 atom stereocenters. The van der Waals surface area contributed by atoms with Crippen LogP contribution < -0.4 is 19.7 Å². The van der Waals surface area contributed by atoms with Gasteiger partial charge in [-0.2, -0.15) is 0 Å². The maximum absolute atomic E-state index is 12.8. The van der Waals surface area contributed by atoms with E-state index in [9.17, 15) is 9.18 Å². The zero-order chi connectivity index (χ0) is 18.8. The van der Waals surface area contributed by atoms with Crippen LogP contribution in [0.2, 0.25) is 0 Å². The molecule has 0 aromatic heterocycles. The zero-order valence-corrected chi connectivity index (χ0v) is 15.3. The minimum Gasteiger partial charge on any atom is -0.497 e. The Labute approximate surface area is 153 Å². The second-order valence-corrected chi connectivity index (χ2v) is 5.96. The van der Waals surface area contributed by atoms with Crippen LogP contribution in [0.1, 0.15) is 13.3 Å². The van der Waals surface area contributed by atoms with Gasteiger partial charge in [0.2, 0.25) is 0 Å². The Morgan fingerprint density at radius 3 is 2.35 bits per heavy atom. The van der Waals surface area contributed by atoms with Gasteiger partial charge in [-0.25, -0.2) is 4.39 Å². The number of anilines is 1. The highest BCUT2D eigenvalue weighted by atomic mass is 19.1. The second kappa shape index (κ2) is 10.4. The molecule has 0 saturated heterocycles. The molecule has 0 bridgehead atoms. The van der Waals surface area contributed by atoms with E-state index in [1.807, 2.05) is 24.3 Å². The normalized spacial score (nSPS) is 11.7. The molecular weight excluding hydrogens is 335 g/mol. The predicted octanol–water partition coefficient (Wildman–Crippen LogP) is 2.15. The molecule has 0 aliphatic rings. The Morgan fingerprint density at radius 2 is 1.73 bits per heavy atom. The maximum Gasteiger partial charge on any atom is 0.279 e. The van der Waals surface area contributed by atoms with Crippen molar-refractivity contribution in [1.29, 1.82) is 0 Å². The number of hydrogen-bond donors (Lipinski definition) is 2. The molecule has 5 nitrogen and oxygen atoms in total. The molecular formula is C20H26FN2O3+. The molecule has 0 heterocycles. The molecule has 0 aliphatic carbocycles. The number of likely N-dealkylation sites (N-methyl/N-ethyl adjacent to an activating group) is 1. The van der Waals surface area contributed by atoms with Gasteiger partial charge in [-0.05, 0) is 55.5 Å². The number of halogens is 1. The highest BCUT2D eigenvalue weighted by Gasteiger charge is 2.12. The largest absolute Gasteiger partial charge is 0.497 e. The fourth-order valence-corrected chi connectivity index (χ4v) is 2.54. The number of quaternary nitrogens is 1. The number of amides is 1. The first-order chi connectivity index (χ1) is 12.6. The monoisotopic (exact) mass is 361 g/mol. The molecule has 0 radical (unpaired) electrons. The summed E-state index contributed by atoms with van der Waals surface area (Å²) in [6.07, 6.45) is 0.816. The van der Waals surface area contributed by atoms with Crippen molar-refractivity contribution in [3.8, 4) is 11.5 Å². The number of ether oxygens (including phenoxy) is 2. The van der Waals surface area contributed by atoms with Crippen molar-refractivity contribution in [2.45, 2.75) is 13.3 Å². The molecule has 0 saturated carbocycles. The first-order valence-corrected chi connectivity index (χ1v) is 8.76. The van der Waals surface area contributed by atoms with Crippen LogP contribution in [-0.2, 0) is 4.79 Å². The van der Waals surface area contributed by atoms with Crippen molar-refractivity contribution in [3.63, 3.8) is 0 Å². The molecule has 1 unspecified atom stereocenters. The second-order valence-electron chi connectivity index (χ2n) is 5.96. The highest BCUT2D eigenvalue weighted by molar-refractivity contribution is 5.91. The molecule has 6 heteroatoms. The summed E-state index contributed by atoms with van der Waals surface area (Å²) in [5, 5.41) is 2.90. The van der Waals surface area contributed by atoms with Crippen LogP contribution in [0.25, 0.3) is 0 Å². The third-order valence-electron chi connectivity index (χ3n) is 4.04. The Bertz CT molecular complexity index is 674. The lowest BCUT2D eigenvalue weighted by molar-refractivity contribution is -0.890. The number of rotatable bonds is 10. The molecule has 2 aromatic rings. The fourth-order valence-electron chi connectivity index (χ4n) is 2.54. The summed E-state index contributed by atoms with van der Waals surface area (Å²) >= 11 is 0. The number of carbonyl (C=O) groups excluding carboxylic acids is 1. The molecule has 0 spiro atoms. The van der Waals surface area contributed by atoms with E-state index in [4.69, 9.17) is 9.47 Å². The smallest absolute Gasteiger partial charge is 0.279 e. The van der Waals surface area contributed by atoms with E-state index in [0.29, 0.717) is 18.9 Å². The number of nitrogens with one attached hydrogen (secondary N) is 2. The Kier molecular flexibility index (Phi) is 7.89.